The van der Waals surface area contributed by atoms with Gasteiger partial charge in [-0.25, -0.2) is 9.79 Å². The first-order chi connectivity index (χ1) is 17.3. The number of carbonyl (C=O) groups excluding carboxylic acids is 2. The van der Waals surface area contributed by atoms with E-state index in [0.29, 0.717) is 36.9 Å². The third-order valence-electron chi connectivity index (χ3n) is 5.48. The van der Waals surface area contributed by atoms with E-state index in [4.69, 9.17) is 25.8 Å². The Morgan fingerprint density at radius 3 is 2.61 bits per heavy atom. The van der Waals surface area contributed by atoms with E-state index in [9.17, 15) is 14.4 Å². The Morgan fingerprint density at radius 1 is 1.19 bits per heavy atom. The molecule has 1 aliphatic rings. The molecular formula is C26H23ClN2O6S. The molecule has 1 aliphatic heterocycles. The molecule has 8 nitrogen and oxygen atoms in total. The van der Waals surface area contributed by atoms with Gasteiger partial charge in [0.25, 0.3) is 5.56 Å². The Bertz CT molecular complexity index is 1570. The zero-order valence-electron chi connectivity index (χ0n) is 20.0. The molecule has 1 atom stereocenters. The van der Waals surface area contributed by atoms with Crippen molar-refractivity contribution in [3.63, 3.8) is 0 Å². The number of nitrogens with zero attached hydrogens (tertiary/aromatic N) is 2. The van der Waals surface area contributed by atoms with Crippen LogP contribution in [-0.2, 0) is 14.3 Å². The summed E-state index contributed by atoms with van der Waals surface area (Å²) >= 11 is 7.67. The summed E-state index contributed by atoms with van der Waals surface area (Å²) in [7, 11) is 1.46. The van der Waals surface area contributed by atoms with Crippen molar-refractivity contribution in [3.05, 3.63) is 89.6 Å². The Morgan fingerprint density at radius 2 is 1.94 bits per heavy atom. The SMILES string of the molecule is CCOC(=O)C1=C(C)N=c2sc(=Cc3cccc(OC)c3OC(C)=O)c(=O)n2C1c1ccccc1Cl. The molecule has 1 aromatic heterocycles. The van der Waals surface area contributed by atoms with Crippen molar-refractivity contribution in [2.24, 2.45) is 4.99 Å². The number of carbonyl (C=O) groups is 2. The first kappa shape index (κ1) is 25.4. The van der Waals surface area contributed by atoms with E-state index < -0.39 is 18.0 Å². The lowest BCUT2D eigenvalue weighted by molar-refractivity contribution is -0.139. The molecule has 0 saturated carbocycles. The van der Waals surface area contributed by atoms with Crippen molar-refractivity contribution in [2.45, 2.75) is 26.8 Å². The highest BCUT2D eigenvalue weighted by molar-refractivity contribution is 7.07. The number of ether oxygens (including phenoxy) is 3. The van der Waals surface area contributed by atoms with Gasteiger partial charge in [-0.1, -0.05) is 53.3 Å². The van der Waals surface area contributed by atoms with E-state index in [1.807, 2.05) is 0 Å². The second-order valence-corrected chi connectivity index (χ2v) is 9.21. The molecule has 1 unspecified atom stereocenters. The Hall–Kier alpha value is -3.69. The molecule has 0 spiro atoms. The summed E-state index contributed by atoms with van der Waals surface area (Å²) in [4.78, 5) is 43.4. The number of benzene rings is 2. The summed E-state index contributed by atoms with van der Waals surface area (Å²) in [5.74, 6) is -0.544. The quantitative estimate of drug-likeness (QED) is 0.361. The summed E-state index contributed by atoms with van der Waals surface area (Å²) in [5.41, 5.74) is 1.35. The highest BCUT2D eigenvalue weighted by atomic mass is 35.5. The van der Waals surface area contributed by atoms with E-state index in [1.54, 1.807) is 62.4 Å². The molecule has 0 fully saturated rings. The van der Waals surface area contributed by atoms with Crippen LogP contribution >= 0.6 is 22.9 Å². The molecule has 0 aliphatic carbocycles. The first-order valence-electron chi connectivity index (χ1n) is 11.1. The number of hydrogen-bond acceptors (Lipinski definition) is 8. The lowest BCUT2D eigenvalue weighted by Gasteiger charge is -2.25. The van der Waals surface area contributed by atoms with Crippen LogP contribution in [-0.4, -0.2) is 30.2 Å². The van der Waals surface area contributed by atoms with Crippen LogP contribution in [0.1, 0.15) is 37.9 Å². The Labute approximate surface area is 215 Å². The van der Waals surface area contributed by atoms with Crippen molar-refractivity contribution < 1.29 is 23.8 Å². The average molecular weight is 527 g/mol. The molecule has 2 aromatic carbocycles. The number of fused-ring (bicyclic) bond motifs is 1. The number of esters is 2. The van der Waals surface area contributed by atoms with Gasteiger partial charge in [0.1, 0.15) is 6.04 Å². The standard InChI is InChI=1S/C26H23ClN2O6S/c1-5-34-25(32)21-14(2)28-26-29(22(21)17-10-6-7-11-18(17)27)24(31)20(36-26)13-16-9-8-12-19(33-4)23(16)35-15(3)30/h6-13,22H,5H2,1-4H3. The highest BCUT2D eigenvalue weighted by Gasteiger charge is 2.34. The molecule has 0 N–H and O–H groups in total. The molecule has 0 saturated heterocycles. The summed E-state index contributed by atoms with van der Waals surface area (Å²) in [5, 5.41) is 0.401. The van der Waals surface area contributed by atoms with Crippen molar-refractivity contribution in [3.8, 4) is 11.5 Å². The van der Waals surface area contributed by atoms with Gasteiger partial charge in [-0.15, -0.1) is 0 Å². The van der Waals surface area contributed by atoms with Crippen molar-refractivity contribution in [1.29, 1.82) is 0 Å². The molecule has 4 rings (SSSR count). The van der Waals surface area contributed by atoms with Crippen LogP contribution in [0.3, 0.4) is 0 Å². The number of thiazole rings is 1. The number of aromatic nitrogens is 1. The van der Waals surface area contributed by atoms with Crippen molar-refractivity contribution >= 4 is 41.0 Å². The predicted molar refractivity (Wildman–Crippen MR) is 136 cm³/mol. The lowest BCUT2D eigenvalue weighted by atomic mass is 9.96. The Balaban J connectivity index is 1.99. The average Bonchev–Trinajstić information content (AvgIpc) is 3.14. The fourth-order valence-electron chi connectivity index (χ4n) is 3.98. The number of hydrogen-bond donors (Lipinski definition) is 0. The second kappa shape index (κ2) is 10.5. The van der Waals surface area contributed by atoms with Gasteiger partial charge < -0.3 is 14.2 Å². The van der Waals surface area contributed by atoms with Gasteiger partial charge in [0.2, 0.25) is 0 Å². The van der Waals surface area contributed by atoms with Crippen LogP contribution in [0.5, 0.6) is 11.5 Å². The van der Waals surface area contributed by atoms with Crippen LogP contribution in [0, 0.1) is 0 Å². The monoisotopic (exact) mass is 526 g/mol. The van der Waals surface area contributed by atoms with Crippen LogP contribution in [0.4, 0.5) is 0 Å². The highest BCUT2D eigenvalue weighted by Crippen LogP contribution is 2.35. The zero-order chi connectivity index (χ0) is 26.0. The fourth-order valence-corrected chi connectivity index (χ4v) is 5.26. The second-order valence-electron chi connectivity index (χ2n) is 7.80. The summed E-state index contributed by atoms with van der Waals surface area (Å²) < 4.78 is 17.8. The third-order valence-corrected chi connectivity index (χ3v) is 6.81. The van der Waals surface area contributed by atoms with Crippen LogP contribution < -0.4 is 24.4 Å². The largest absolute Gasteiger partial charge is 0.493 e. The molecule has 0 radical (unpaired) electrons. The number of allylic oxidation sites excluding steroid dienone is 1. The van der Waals surface area contributed by atoms with E-state index >= 15 is 0 Å². The minimum absolute atomic E-state index is 0.171. The maximum atomic E-state index is 13.8. The van der Waals surface area contributed by atoms with Gasteiger partial charge in [-0.05, 0) is 37.6 Å². The molecule has 2 heterocycles. The maximum Gasteiger partial charge on any atom is 0.338 e. The summed E-state index contributed by atoms with van der Waals surface area (Å²) in [6.07, 6.45) is 1.61. The molecule has 186 valence electrons. The van der Waals surface area contributed by atoms with Crippen LogP contribution in [0.2, 0.25) is 5.02 Å². The molecule has 3 aromatic rings. The number of halogens is 1. The van der Waals surface area contributed by atoms with E-state index in [1.165, 1.54) is 18.6 Å². The summed E-state index contributed by atoms with van der Waals surface area (Å²) in [6, 6.07) is 11.3. The van der Waals surface area contributed by atoms with E-state index in [2.05, 4.69) is 4.99 Å². The smallest absolute Gasteiger partial charge is 0.338 e. The topological polar surface area (TPSA) is 96.2 Å². The van der Waals surface area contributed by atoms with Gasteiger partial charge in [-0.2, -0.15) is 0 Å². The van der Waals surface area contributed by atoms with Crippen molar-refractivity contribution in [1.82, 2.24) is 4.57 Å². The molecule has 0 bridgehead atoms. The summed E-state index contributed by atoms with van der Waals surface area (Å²) in [6.45, 7) is 4.87. The third kappa shape index (κ3) is 4.72. The van der Waals surface area contributed by atoms with Gasteiger partial charge in [0, 0.05) is 17.5 Å². The molecule has 0 amide bonds. The van der Waals surface area contributed by atoms with Crippen LogP contribution in [0.25, 0.3) is 6.08 Å². The number of rotatable bonds is 6. The number of para-hydroxylation sites is 1. The van der Waals surface area contributed by atoms with E-state index in [-0.39, 0.29) is 23.5 Å². The molecule has 36 heavy (non-hydrogen) atoms. The molecular weight excluding hydrogens is 504 g/mol. The minimum Gasteiger partial charge on any atom is -0.493 e. The van der Waals surface area contributed by atoms with Crippen LogP contribution in [0.15, 0.2) is 63.5 Å². The Kier molecular flexibility index (Phi) is 7.42. The predicted octanol–water partition coefficient (Wildman–Crippen LogP) is 3.39. The van der Waals surface area contributed by atoms with Gasteiger partial charge in [-0.3, -0.25) is 14.2 Å². The molecule has 10 heteroatoms. The van der Waals surface area contributed by atoms with Gasteiger partial charge in [0.05, 0.1) is 29.5 Å². The van der Waals surface area contributed by atoms with Gasteiger partial charge >= 0.3 is 11.9 Å². The van der Waals surface area contributed by atoms with E-state index in [0.717, 1.165) is 11.3 Å². The first-order valence-corrected chi connectivity index (χ1v) is 12.3. The minimum atomic E-state index is -0.825. The lowest BCUT2D eigenvalue weighted by Crippen LogP contribution is -2.40. The fraction of sp³-hybridized carbons (Fsp3) is 0.231. The normalized spacial score (nSPS) is 15.2. The number of methoxy groups -OCH3 is 1. The maximum absolute atomic E-state index is 13.8. The zero-order valence-corrected chi connectivity index (χ0v) is 21.6. The van der Waals surface area contributed by atoms with Gasteiger partial charge in [0.15, 0.2) is 16.3 Å². The van der Waals surface area contributed by atoms with Crippen molar-refractivity contribution in [2.75, 3.05) is 13.7 Å².